The number of ether oxygens (including phenoxy) is 1. The first-order valence-corrected chi connectivity index (χ1v) is 4.54. The predicted molar refractivity (Wildman–Crippen MR) is 59.5 cm³/mol. The van der Waals surface area contributed by atoms with Gasteiger partial charge in [0, 0.05) is 6.42 Å². The second-order valence-corrected chi connectivity index (χ2v) is 2.37. The molecule has 0 fully saturated rings. The van der Waals surface area contributed by atoms with Crippen LogP contribution in [0.1, 0.15) is 35.3 Å². The van der Waals surface area contributed by atoms with Crippen LogP contribution in [0.4, 0.5) is 0 Å². The Labute approximate surface area is 94.2 Å². The van der Waals surface area contributed by atoms with Crippen molar-refractivity contribution in [2.45, 2.75) is 32.6 Å². The van der Waals surface area contributed by atoms with Crippen molar-refractivity contribution in [2.24, 2.45) is 0 Å². The third kappa shape index (κ3) is 10.1. The van der Waals surface area contributed by atoms with E-state index in [9.17, 15) is 4.79 Å². The molecule has 0 saturated heterocycles. The van der Waals surface area contributed by atoms with E-state index in [4.69, 9.17) is 2.74 Å². The zero-order valence-electron chi connectivity index (χ0n) is 10.9. The van der Waals surface area contributed by atoms with E-state index in [2.05, 4.69) is 40.3 Å². The van der Waals surface area contributed by atoms with Gasteiger partial charge in [0.05, 0.1) is 22.6 Å². The number of carbonyl (C=O) groups excluding carboxylic acids is 1. The van der Waals surface area contributed by atoms with Gasteiger partial charge in [-0.2, -0.15) is 0 Å². The number of rotatable bonds is 1. The maximum atomic E-state index is 10.7. The Hall–Kier alpha value is -1.85. The lowest BCUT2D eigenvalue weighted by molar-refractivity contribution is -0.139. The number of hydrogen-bond acceptors (Lipinski definition) is 2. The van der Waals surface area contributed by atoms with E-state index in [0.717, 1.165) is 6.42 Å². The van der Waals surface area contributed by atoms with Gasteiger partial charge in [0.2, 0.25) is 0 Å². The van der Waals surface area contributed by atoms with Crippen molar-refractivity contribution in [3.8, 4) is 35.5 Å². The molecule has 0 bridgehead atoms. The molecule has 0 radical (unpaired) electrons. The summed E-state index contributed by atoms with van der Waals surface area (Å²) in [6, 6.07) is 0. The van der Waals surface area contributed by atoms with Gasteiger partial charge in [-0.1, -0.05) is 36.5 Å². The average molecular weight is 204 g/mol. The van der Waals surface area contributed by atoms with Gasteiger partial charge in [-0.25, -0.2) is 0 Å². The summed E-state index contributed by atoms with van der Waals surface area (Å²) in [5.41, 5.74) is 0. The van der Waals surface area contributed by atoms with E-state index in [1.807, 2.05) is 6.92 Å². The van der Waals surface area contributed by atoms with Gasteiger partial charge in [0.1, 0.15) is 6.42 Å². The molecular formula is C13H14O2. The van der Waals surface area contributed by atoms with Crippen molar-refractivity contribution < 1.29 is 12.3 Å². The molecule has 0 rings (SSSR count). The molecule has 2 nitrogen and oxygen atoms in total. The van der Waals surface area contributed by atoms with Crippen molar-refractivity contribution in [1.82, 2.24) is 0 Å². The summed E-state index contributed by atoms with van der Waals surface area (Å²) in [4.78, 5) is 10.7. The average Bonchev–Trinajstić information content (AvgIpc) is 2.28. The van der Waals surface area contributed by atoms with E-state index in [1.54, 1.807) is 0 Å². The van der Waals surface area contributed by atoms with Crippen LogP contribution in [0.15, 0.2) is 0 Å². The predicted octanol–water partition coefficient (Wildman–Crippen LogP) is 1.75. The molecule has 0 unspecified atom stereocenters. The normalized spacial score (nSPS) is 10.0. The second kappa shape index (κ2) is 10.2. The lowest BCUT2D eigenvalue weighted by atomic mass is 10.3. The van der Waals surface area contributed by atoms with Crippen molar-refractivity contribution in [1.29, 1.82) is 0 Å². The SMILES string of the molecule is [2H]C([2H])(C#CCC#CCC)C#CCC(=O)OC. The molecule has 0 aromatic carbocycles. The first-order chi connectivity index (χ1) is 8.02. The van der Waals surface area contributed by atoms with Crippen LogP contribution < -0.4 is 0 Å². The lowest BCUT2D eigenvalue weighted by Crippen LogP contribution is -1.96. The Bertz CT molecular complexity index is 433. The van der Waals surface area contributed by atoms with E-state index >= 15 is 0 Å². The summed E-state index contributed by atoms with van der Waals surface area (Å²) in [5, 5.41) is 0. The summed E-state index contributed by atoms with van der Waals surface area (Å²) in [6.45, 7) is 1.93. The van der Waals surface area contributed by atoms with Gasteiger partial charge in [0.25, 0.3) is 0 Å². The minimum atomic E-state index is -1.91. The van der Waals surface area contributed by atoms with Crippen molar-refractivity contribution in [2.75, 3.05) is 7.11 Å². The quantitative estimate of drug-likeness (QED) is 0.480. The zero-order valence-corrected chi connectivity index (χ0v) is 8.94. The molecule has 0 spiro atoms. The highest BCUT2D eigenvalue weighted by molar-refractivity contribution is 5.72. The molecule has 0 atom stereocenters. The van der Waals surface area contributed by atoms with Crippen molar-refractivity contribution in [3.05, 3.63) is 0 Å². The van der Waals surface area contributed by atoms with Crippen LogP contribution in [0.3, 0.4) is 0 Å². The van der Waals surface area contributed by atoms with E-state index in [0.29, 0.717) is 6.42 Å². The van der Waals surface area contributed by atoms with Crippen LogP contribution >= 0.6 is 0 Å². The molecule has 0 aromatic heterocycles. The van der Waals surface area contributed by atoms with Gasteiger partial charge in [-0.05, 0) is 0 Å². The van der Waals surface area contributed by atoms with Crippen LogP contribution in [0.2, 0.25) is 0 Å². The second-order valence-electron chi connectivity index (χ2n) is 2.37. The highest BCUT2D eigenvalue weighted by atomic mass is 16.5. The molecule has 0 aromatic rings. The Morgan fingerprint density at radius 2 is 1.87 bits per heavy atom. The van der Waals surface area contributed by atoms with E-state index in [-0.39, 0.29) is 6.42 Å². The van der Waals surface area contributed by atoms with Crippen LogP contribution in [0, 0.1) is 35.5 Å². The van der Waals surface area contributed by atoms with Crippen LogP contribution in [-0.2, 0) is 9.53 Å². The third-order valence-corrected chi connectivity index (χ3v) is 1.24. The standard InChI is InChI=1S/C13H14O2/c1-3-4-5-6-7-8-9-10-11-12-13(14)15-2/h3,6,9,12H2,1-2H3/i9D2. The van der Waals surface area contributed by atoms with Gasteiger partial charge in [0.15, 0.2) is 0 Å². The number of methoxy groups -OCH3 is 1. The van der Waals surface area contributed by atoms with Crippen molar-refractivity contribution >= 4 is 5.97 Å². The summed E-state index contributed by atoms with van der Waals surface area (Å²) in [7, 11) is 1.25. The molecule has 0 heterocycles. The zero-order chi connectivity index (χ0) is 13.1. The fourth-order valence-corrected chi connectivity index (χ4v) is 0.584. The number of esters is 1. The summed E-state index contributed by atoms with van der Waals surface area (Å²) in [5.74, 6) is 14.7. The topological polar surface area (TPSA) is 26.3 Å². The van der Waals surface area contributed by atoms with Crippen molar-refractivity contribution in [3.63, 3.8) is 0 Å². The van der Waals surface area contributed by atoms with Crippen LogP contribution in [0.5, 0.6) is 0 Å². The molecule has 0 N–H and O–H groups in total. The molecule has 0 aliphatic carbocycles. The first kappa shape index (κ1) is 9.70. The van der Waals surface area contributed by atoms with Gasteiger partial charge < -0.3 is 4.74 Å². The molecule has 0 saturated carbocycles. The highest BCUT2D eigenvalue weighted by Crippen LogP contribution is 1.81. The lowest BCUT2D eigenvalue weighted by Gasteiger charge is -1.88. The van der Waals surface area contributed by atoms with E-state index < -0.39 is 12.3 Å². The molecule has 78 valence electrons. The molecule has 2 heteroatoms. The number of hydrogen-bond donors (Lipinski definition) is 0. The molecule has 0 amide bonds. The fourth-order valence-electron chi connectivity index (χ4n) is 0.584. The molecule has 15 heavy (non-hydrogen) atoms. The monoisotopic (exact) mass is 204 g/mol. The summed E-state index contributed by atoms with van der Waals surface area (Å²) >= 11 is 0. The van der Waals surface area contributed by atoms with Crippen LogP contribution in [0.25, 0.3) is 0 Å². The maximum Gasteiger partial charge on any atom is 0.317 e. The fraction of sp³-hybridized carbons (Fsp3) is 0.462. The summed E-state index contributed by atoms with van der Waals surface area (Å²) in [6.07, 6.45) is -0.964. The summed E-state index contributed by atoms with van der Waals surface area (Å²) < 4.78 is 19.2. The smallest absolute Gasteiger partial charge is 0.317 e. The highest BCUT2D eigenvalue weighted by Gasteiger charge is 1.91. The molecule has 0 aliphatic heterocycles. The van der Waals surface area contributed by atoms with Crippen LogP contribution in [-0.4, -0.2) is 13.1 Å². The minimum Gasteiger partial charge on any atom is -0.468 e. The molecular weight excluding hydrogens is 188 g/mol. The molecule has 0 aliphatic rings. The third-order valence-electron chi connectivity index (χ3n) is 1.24. The van der Waals surface area contributed by atoms with Gasteiger partial charge in [-0.15, -0.1) is 5.92 Å². The largest absolute Gasteiger partial charge is 0.468 e. The Morgan fingerprint density at radius 3 is 2.53 bits per heavy atom. The Kier molecular flexibility index (Phi) is 6.61. The van der Waals surface area contributed by atoms with Gasteiger partial charge >= 0.3 is 5.97 Å². The Balaban J connectivity index is 4.32. The van der Waals surface area contributed by atoms with E-state index in [1.165, 1.54) is 7.11 Å². The Morgan fingerprint density at radius 1 is 1.20 bits per heavy atom. The maximum absolute atomic E-state index is 10.7. The number of carbonyl (C=O) groups is 1. The van der Waals surface area contributed by atoms with Gasteiger partial charge in [-0.3, -0.25) is 4.79 Å². The first-order valence-electron chi connectivity index (χ1n) is 5.54. The minimum absolute atomic E-state index is 0.132.